The molecule has 0 aromatic heterocycles. The number of aliphatic imine (C=N–C) groups is 1. The van der Waals surface area contributed by atoms with Crippen molar-refractivity contribution in [3.63, 3.8) is 0 Å². The number of nitrogens with zero attached hydrogens (tertiary/aromatic N) is 1. The molecule has 0 radical (unpaired) electrons. The minimum atomic E-state index is 0.0142. The molecule has 1 aliphatic heterocycles. The van der Waals surface area contributed by atoms with Crippen LogP contribution in [-0.2, 0) is 0 Å². The van der Waals surface area contributed by atoms with Crippen LogP contribution in [0, 0.1) is 0 Å². The fraction of sp³-hybridized carbons (Fsp3) is 0.286. The molecule has 0 fully saturated rings. The third kappa shape index (κ3) is 3.49. The molecule has 0 atom stereocenters. The van der Waals surface area contributed by atoms with Crippen LogP contribution < -0.4 is 5.32 Å². The Balaban J connectivity index is 1.60. The first-order valence-corrected chi connectivity index (χ1v) is 9.79. The van der Waals surface area contributed by atoms with Crippen molar-refractivity contribution in [3.8, 4) is 0 Å². The highest BCUT2D eigenvalue weighted by Crippen LogP contribution is 2.34. The smallest absolute Gasteiger partial charge is 0.128 e. The van der Waals surface area contributed by atoms with Crippen molar-refractivity contribution in [1.29, 1.82) is 0 Å². The average Bonchev–Trinajstić information content (AvgIpc) is 2.67. The van der Waals surface area contributed by atoms with Crippen molar-refractivity contribution in [3.05, 3.63) is 65.5 Å². The molecule has 25 heavy (non-hydrogen) atoms. The number of benzene rings is 2. The van der Waals surface area contributed by atoms with Gasteiger partial charge in [-0.2, -0.15) is 0 Å². The Morgan fingerprint density at radius 2 is 2.00 bits per heavy atom. The molecule has 4 rings (SSSR count). The predicted molar refractivity (Wildman–Crippen MR) is 105 cm³/mol. The van der Waals surface area contributed by atoms with E-state index in [0.717, 1.165) is 42.9 Å². The van der Waals surface area contributed by atoms with E-state index in [1.165, 1.54) is 15.7 Å². The highest BCUT2D eigenvalue weighted by atomic mass is 32.2. The molecule has 1 heterocycles. The minimum Gasteiger partial charge on any atom is -0.370 e. The first kappa shape index (κ1) is 16.4. The normalized spacial score (nSPS) is 18.0. The molecule has 0 unspecified atom stereocenters. The number of thioether (sulfide) groups is 1. The zero-order valence-electron chi connectivity index (χ0n) is 14.1. The van der Waals surface area contributed by atoms with Crippen molar-refractivity contribution >= 4 is 28.4 Å². The maximum Gasteiger partial charge on any atom is 0.128 e. The standard InChI is InChI=1S/C21H21FN2S/c22-19-10-4-9-17(21-23-12-5-13-24-21)18(19)14-25-20-11-3-7-15-6-1-2-8-16(15)20/h1-3,6-9,11H,4-5,10,12-14H2,(H,23,24). The number of hydrogen-bond acceptors (Lipinski definition) is 3. The van der Waals surface area contributed by atoms with E-state index in [2.05, 4.69) is 52.8 Å². The Bertz CT molecular complexity index is 877. The number of halogens is 1. The molecule has 2 aromatic rings. The summed E-state index contributed by atoms with van der Waals surface area (Å²) in [7, 11) is 0. The molecule has 0 bridgehead atoms. The summed E-state index contributed by atoms with van der Waals surface area (Å²) in [6, 6.07) is 14.7. The number of nitrogens with one attached hydrogen (secondary N) is 1. The van der Waals surface area contributed by atoms with Gasteiger partial charge in [-0.1, -0.05) is 42.5 Å². The van der Waals surface area contributed by atoms with Gasteiger partial charge in [-0.15, -0.1) is 11.8 Å². The second kappa shape index (κ2) is 7.44. The lowest BCUT2D eigenvalue weighted by atomic mass is 9.96. The van der Waals surface area contributed by atoms with Gasteiger partial charge in [-0.3, -0.25) is 4.99 Å². The minimum absolute atomic E-state index is 0.0142. The van der Waals surface area contributed by atoms with Crippen LogP contribution in [0.5, 0.6) is 0 Å². The Kier molecular flexibility index (Phi) is 4.88. The van der Waals surface area contributed by atoms with E-state index in [0.29, 0.717) is 12.2 Å². The maximum absolute atomic E-state index is 14.6. The first-order chi connectivity index (χ1) is 12.3. The van der Waals surface area contributed by atoms with Crippen molar-refractivity contribution in [2.75, 3.05) is 18.8 Å². The molecule has 128 valence electrons. The Labute approximate surface area is 151 Å². The SMILES string of the molecule is FC1=C(CSc2cccc3ccccc23)C(C2=NCCCN2)=CCC1. The number of rotatable bonds is 4. The van der Waals surface area contributed by atoms with Crippen LogP contribution in [-0.4, -0.2) is 24.7 Å². The summed E-state index contributed by atoms with van der Waals surface area (Å²) in [5, 5.41) is 5.79. The van der Waals surface area contributed by atoms with Crippen molar-refractivity contribution < 1.29 is 4.39 Å². The summed E-state index contributed by atoms with van der Waals surface area (Å²) in [6.45, 7) is 1.74. The van der Waals surface area contributed by atoms with Gasteiger partial charge >= 0.3 is 0 Å². The largest absolute Gasteiger partial charge is 0.370 e. The second-order valence-corrected chi connectivity index (χ2v) is 7.33. The van der Waals surface area contributed by atoms with Gasteiger partial charge in [0.05, 0.1) is 0 Å². The van der Waals surface area contributed by atoms with E-state index in [1.807, 2.05) is 6.07 Å². The molecule has 2 nitrogen and oxygen atoms in total. The van der Waals surface area contributed by atoms with E-state index < -0.39 is 0 Å². The molecule has 0 amide bonds. The molecule has 0 spiro atoms. The van der Waals surface area contributed by atoms with Crippen LogP contribution in [0.25, 0.3) is 10.8 Å². The molecule has 1 aliphatic carbocycles. The van der Waals surface area contributed by atoms with Gasteiger partial charge in [0.1, 0.15) is 11.7 Å². The van der Waals surface area contributed by atoms with Gasteiger partial charge in [0.2, 0.25) is 0 Å². The lowest BCUT2D eigenvalue weighted by Crippen LogP contribution is -2.32. The lowest BCUT2D eigenvalue weighted by molar-refractivity contribution is 0.576. The Morgan fingerprint density at radius 3 is 2.88 bits per heavy atom. The maximum atomic E-state index is 14.6. The summed E-state index contributed by atoms with van der Waals surface area (Å²) in [5.74, 6) is 1.52. The molecule has 4 heteroatoms. The first-order valence-electron chi connectivity index (χ1n) is 8.80. The summed E-state index contributed by atoms with van der Waals surface area (Å²) < 4.78 is 14.6. The number of amidine groups is 1. The fourth-order valence-electron chi connectivity index (χ4n) is 3.34. The topological polar surface area (TPSA) is 24.4 Å². The highest BCUT2D eigenvalue weighted by Gasteiger charge is 2.21. The molecule has 0 saturated carbocycles. The van der Waals surface area contributed by atoms with Gasteiger partial charge in [0.15, 0.2) is 0 Å². The third-order valence-electron chi connectivity index (χ3n) is 4.64. The molecule has 1 N–H and O–H groups in total. The molecule has 2 aliphatic rings. The van der Waals surface area contributed by atoms with Crippen LogP contribution in [0.3, 0.4) is 0 Å². The number of fused-ring (bicyclic) bond motifs is 1. The zero-order valence-corrected chi connectivity index (χ0v) is 14.9. The van der Waals surface area contributed by atoms with E-state index in [1.54, 1.807) is 11.8 Å². The van der Waals surface area contributed by atoms with Gasteiger partial charge in [-0.25, -0.2) is 4.39 Å². The molecular weight excluding hydrogens is 331 g/mol. The van der Waals surface area contributed by atoms with Crippen LogP contribution in [0.2, 0.25) is 0 Å². The summed E-state index contributed by atoms with van der Waals surface area (Å²) in [5.41, 5.74) is 1.77. The molecular formula is C21H21FN2S. The molecule has 0 saturated heterocycles. The number of hydrogen-bond donors (Lipinski definition) is 1. The predicted octanol–water partition coefficient (Wildman–Crippen LogP) is 5.27. The quantitative estimate of drug-likeness (QED) is 0.758. The third-order valence-corrected chi connectivity index (χ3v) is 5.74. The van der Waals surface area contributed by atoms with Crippen LogP contribution >= 0.6 is 11.8 Å². The highest BCUT2D eigenvalue weighted by molar-refractivity contribution is 7.99. The van der Waals surface area contributed by atoms with Crippen molar-refractivity contribution in [1.82, 2.24) is 5.32 Å². The Hall–Kier alpha value is -2.07. The van der Waals surface area contributed by atoms with Crippen molar-refractivity contribution in [2.45, 2.75) is 24.2 Å². The van der Waals surface area contributed by atoms with E-state index >= 15 is 0 Å². The second-order valence-electron chi connectivity index (χ2n) is 6.32. The Morgan fingerprint density at radius 1 is 1.12 bits per heavy atom. The summed E-state index contributed by atoms with van der Waals surface area (Å²) in [4.78, 5) is 5.77. The summed E-state index contributed by atoms with van der Waals surface area (Å²) >= 11 is 1.71. The van der Waals surface area contributed by atoms with Crippen LogP contribution in [0.4, 0.5) is 4.39 Å². The fourth-order valence-corrected chi connectivity index (χ4v) is 4.47. The van der Waals surface area contributed by atoms with E-state index in [4.69, 9.17) is 0 Å². The summed E-state index contributed by atoms with van der Waals surface area (Å²) in [6.07, 6.45) is 4.44. The van der Waals surface area contributed by atoms with Crippen molar-refractivity contribution in [2.24, 2.45) is 4.99 Å². The van der Waals surface area contributed by atoms with E-state index in [9.17, 15) is 4.39 Å². The van der Waals surface area contributed by atoms with Crippen LogP contribution in [0.1, 0.15) is 19.3 Å². The van der Waals surface area contributed by atoms with Crippen LogP contribution in [0.15, 0.2) is 75.4 Å². The van der Waals surface area contributed by atoms with E-state index in [-0.39, 0.29) is 5.83 Å². The zero-order chi connectivity index (χ0) is 17.1. The van der Waals surface area contributed by atoms with Gasteiger partial charge in [0, 0.05) is 41.3 Å². The lowest BCUT2D eigenvalue weighted by Gasteiger charge is -2.23. The average molecular weight is 352 g/mol. The molecule has 2 aromatic carbocycles. The van der Waals surface area contributed by atoms with Gasteiger partial charge in [-0.05, 0) is 29.7 Å². The van der Waals surface area contributed by atoms with Gasteiger partial charge in [0.25, 0.3) is 0 Å². The number of allylic oxidation sites excluding steroid dienone is 2. The van der Waals surface area contributed by atoms with Gasteiger partial charge < -0.3 is 5.32 Å². The monoisotopic (exact) mass is 352 g/mol.